The highest BCUT2D eigenvalue weighted by atomic mass is 16.3. The van der Waals surface area contributed by atoms with Crippen molar-refractivity contribution in [1.82, 2.24) is 10.6 Å². The van der Waals surface area contributed by atoms with Crippen molar-refractivity contribution >= 4 is 0 Å². The molecule has 84 valence electrons. The highest BCUT2D eigenvalue weighted by Crippen LogP contribution is 2.21. The van der Waals surface area contributed by atoms with Crippen LogP contribution in [0.1, 0.15) is 31.9 Å². The Morgan fingerprint density at radius 1 is 1.60 bits per heavy atom. The third-order valence-corrected chi connectivity index (χ3v) is 3.35. The Hall–Kier alpha value is -0.800. The molecule has 2 N–H and O–H groups in total. The van der Waals surface area contributed by atoms with E-state index in [1.165, 1.54) is 19.3 Å². The summed E-state index contributed by atoms with van der Waals surface area (Å²) in [5.41, 5.74) is 0.326. The molecule has 0 aromatic carbocycles. The number of furan rings is 1. The Bertz CT molecular complexity index is 276. The molecule has 2 heterocycles. The summed E-state index contributed by atoms with van der Waals surface area (Å²) >= 11 is 0. The Morgan fingerprint density at radius 2 is 2.53 bits per heavy atom. The zero-order valence-corrected chi connectivity index (χ0v) is 9.38. The van der Waals surface area contributed by atoms with Crippen LogP contribution in [0.25, 0.3) is 0 Å². The molecule has 15 heavy (non-hydrogen) atoms. The normalized spacial score (nSPS) is 25.9. The van der Waals surface area contributed by atoms with E-state index in [1.807, 2.05) is 12.1 Å². The highest BCUT2D eigenvalue weighted by molar-refractivity contribution is 4.99. The molecule has 0 aliphatic carbocycles. The van der Waals surface area contributed by atoms with Gasteiger partial charge in [-0.1, -0.05) is 6.92 Å². The molecule has 0 radical (unpaired) electrons. The van der Waals surface area contributed by atoms with Gasteiger partial charge in [-0.15, -0.1) is 0 Å². The van der Waals surface area contributed by atoms with Gasteiger partial charge in [-0.2, -0.15) is 0 Å². The van der Waals surface area contributed by atoms with Crippen molar-refractivity contribution in [1.29, 1.82) is 0 Å². The fourth-order valence-corrected chi connectivity index (χ4v) is 2.28. The largest absolute Gasteiger partial charge is 0.468 e. The lowest BCUT2D eigenvalue weighted by Gasteiger charge is -2.28. The molecule has 1 fully saturated rings. The maximum atomic E-state index is 5.28. The van der Waals surface area contributed by atoms with Gasteiger partial charge in [0.25, 0.3) is 0 Å². The van der Waals surface area contributed by atoms with Crippen LogP contribution < -0.4 is 10.6 Å². The lowest BCUT2D eigenvalue weighted by molar-refractivity contribution is 0.333. The van der Waals surface area contributed by atoms with Gasteiger partial charge in [0.05, 0.1) is 12.8 Å². The van der Waals surface area contributed by atoms with Crippen LogP contribution in [0.2, 0.25) is 0 Å². The van der Waals surface area contributed by atoms with Gasteiger partial charge in [0, 0.05) is 12.1 Å². The quantitative estimate of drug-likeness (QED) is 0.776. The van der Waals surface area contributed by atoms with Crippen molar-refractivity contribution < 1.29 is 4.42 Å². The number of rotatable bonds is 5. The van der Waals surface area contributed by atoms with Gasteiger partial charge in [0.2, 0.25) is 0 Å². The van der Waals surface area contributed by atoms with Crippen molar-refractivity contribution in [2.24, 2.45) is 0 Å². The second-order valence-corrected chi connectivity index (χ2v) is 4.35. The van der Waals surface area contributed by atoms with Crippen LogP contribution in [-0.4, -0.2) is 18.6 Å². The highest BCUT2D eigenvalue weighted by Gasteiger charge is 2.30. The van der Waals surface area contributed by atoms with Crippen LogP contribution in [0, 0.1) is 0 Å². The molecule has 0 amide bonds. The minimum atomic E-state index is 0.326. The van der Waals surface area contributed by atoms with Crippen molar-refractivity contribution in [3.8, 4) is 0 Å². The number of nitrogens with one attached hydrogen (secondary N) is 2. The van der Waals surface area contributed by atoms with E-state index in [9.17, 15) is 0 Å². The van der Waals surface area contributed by atoms with Crippen molar-refractivity contribution in [2.45, 2.75) is 38.3 Å². The maximum absolute atomic E-state index is 5.28. The Kier molecular flexibility index (Phi) is 3.44. The van der Waals surface area contributed by atoms with E-state index >= 15 is 0 Å². The molecule has 1 aliphatic heterocycles. The first-order valence-electron chi connectivity index (χ1n) is 5.83. The zero-order chi connectivity index (χ0) is 10.6. The second kappa shape index (κ2) is 4.81. The van der Waals surface area contributed by atoms with Gasteiger partial charge >= 0.3 is 0 Å². The summed E-state index contributed by atoms with van der Waals surface area (Å²) in [4.78, 5) is 0. The van der Waals surface area contributed by atoms with E-state index in [0.29, 0.717) is 5.54 Å². The minimum Gasteiger partial charge on any atom is -0.468 e. The fourth-order valence-electron chi connectivity index (χ4n) is 2.28. The van der Waals surface area contributed by atoms with E-state index in [1.54, 1.807) is 6.26 Å². The third kappa shape index (κ3) is 2.61. The number of hydrogen-bond acceptors (Lipinski definition) is 3. The smallest absolute Gasteiger partial charge is 0.117 e. The van der Waals surface area contributed by atoms with Gasteiger partial charge in [0.15, 0.2) is 0 Å². The SMILES string of the molecule is CCC1(CNCc2ccco2)CCCN1. The predicted octanol–water partition coefficient (Wildman–Crippen LogP) is 1.90. The van der Waals surface area contributed by atoms with Crippen molar-refractivity contribution in [3.05, 3.63) is 24.2 Å². The standard InChI is InChI=1S/C12H20N2O/c1-2-12(6-4-7-14-12)10-13-9-11-5-3-8-15-11/h3,5,8,13-14H,2,4,6-7,9-10H2,1H3. The molecule has 1 saturated heterocycles. The molecule has 0 bridgehead atoms. The molecule has 0 saturated carbocycles. The molecule has 3 nitrogen and oxygen atoms in total. The topological polar surface area (TPSA) is 37.2 Å². The minimum absolute atomic E-state index is 0.326. The summed E-state index contributed by atoms with van der Waals surface area (Å²) in [6.07, 6.45) is 5.50. The molecule has 1 unspecified atom stereocenters. The predicted molar refractivity (Wildman–Crippen MR) is 60.7 cm³/mol. The van der Waals surface area contributed by atoms with Crippen LogP contribution >= 0.6 is 0 Å². The van der Waals surface area contributed by atoms with Gasteiger partial charge in [-0.25, -0.2) is 0 Å². The average molecular weight is 208 g/mol. The summed E-state index contributed by atoms with van der Waals surface area (Å²) < 4.78 is 5.28. The monoisotopic (exact) mass is 208 g/mol. The van der Waals surface area contributed by atoms with Crippen LogP contribution in [0.5, 0.6) is 0 Å². The van der Waals surface area contributed by atoms with Gasteiger partial charge in [-0.3, -0.25) is 0 Å². The summed E-state index contributed by atoms with van der Waals surface area (Å²) in [5.74, 6) is 1.01. The van der Waals surface area contributed by atoms with Crippen molar-refractivity contribution in [2.75, 3.05) is 13.1 Å². The Balaban J connectivity index is 1.77. The Labute approximate surface area is 91.2 Å². The average Bonchev–Trinajstić information content (AvgIpc) is 2.89. The van der Waals surface area contributed by atoms with Crippen LogP contribution in [0.4, 0.5) is 0 Å². The van der Waals surface area contributed by atoms with Gasteiger partial charge in [0.1, 0.15) is 5.76 Å². The van der Waals surface area contributed by atoms with Gasteiger partial charge < -0.3 is 15.1 Å². The van der Waals surface area contributed by atoms with E-state index in [0.717, 1.165) is 25.4 Å². The molecule has 2 rings (SSSR count). The molecule has 1 atom stereocenters. The molecular weight excluding hydrogens is 188 g/mol. The second-order valence-electron chi connectivity index (χ2n) is 4.35. The first kappa shape index (κ1) is 10.7. The summed E-state index contributed by atoms with van der Waals surface area (Å²) in [6, 6.07) is 3.94. The van der Waals surface area contributed by atoms with E-state index in [-0.39, 0.29) is 0 Å². The van der Waals surface area contributed by atoms with Crippen LogP contribution in [0.15, 0.2) is 22.8 Å². The van der Waals surface area contributed by atoms with E-state index in [4.69, 9.17) is 4.42 Å². The summed E-state index contributed by atoms with van der Waals surface area (Å²) in [7, 11) is 0. The van der Waals surface area contributed by atoms with Gasteiger partial charge in [-0.05, 0) is 37.9 Å². The number of hydrogen-bond donors (Lipinski definition) is 2. The van der Waals surface area contributed by atoms with E-state index < -0.39 is 0 Å². The molecule has 3 heteroatoms. The van der Waals surface area contributed by atoms with E-state index in [2.05, 4.69) is 17.6 Å². The zero-order valence-electron chi connectivity index (χ0n) is 9.38. The maximum Gasteiger partial charge on any atom is 0.117 e. The summed E-state index contributed by atoms with van der Waals surface area (Å²) in [6.45, 7) is 5.28. The third-order valence-electron chi connectivity index (χ3n) is 3.35. The first-order valence-corrected chi connectivity index (χ1v) is 5.83. The van der Waals surface area contributed by atoms with Crippen LogP contribution in [0.3, 0.4) is 0 Å². The Morgan fingerprint density at radius 3 is 3.13 bits per heavy atom. The first-order chi connectivity index (χ1) is 7.35. The molecule has 1 aliphatic rings. The lowest BCUT2D eigenvalue weighted by atomic mass is 9.94. The molecule has 1 aromatic rings. The fraction of sp³-hybridized carbons (Fsp3) is 0.667. The lowest BCUT2D eigenvalue weighted by Crippen LogP contribution is -2.47. The molecule has 1 aromatic heterocycles. The van der Waals surface area contributed by atoms with Crippen molar-refractivity contribution in [3.63, 3.8) is 0 Å². The summed E-state index contributed by atoms with van der Waals surface area (Å²) in [5, 5.41) is 7.07. The van der Waals surface area contributed by atoms with Crippen LogP contribution in [-0.2, 0) is 6.54 Å². The molecular formula is C12H20N2O. The molecule has 0 spiro atoms.